The molecule has 1 N–H and O–H groups in total. The van der Waals surface area contributed by atoms with Crippen molar-refractivity contribution in [3.05, 3.63) is 75.7 Å². The van der Waals surface area contributed by atoms with Crippen molar-refractivity contribution < 1.29 is 18.3 Å². The molecular weight excluding hydrogens is 374 g/mol. The Morgan fingerprint density at radius 3 is 2.28 bits per heavy atom. The number of halogens is 2. The van der Waals surface area contributed by atoms with Gasteiger partial charge in [0, 0.05) is 23.6 Å². The van der Waals surface area contributed by atoms with Crippen molar-refractivity contribution in [3.8, 4) is 5.75 Å². The zero-order valence-electron chi connectivity index (χ0n) is 18.3. The number of fused-ring (bicyclic) bond motifs is 1. The van der Waals surface area contributed by atoms with Crippen molar-refractivity contribution in [2.75, 3.05) is 0 Å². The highest BCUT2D eigenvalue weighted by atomic mass is 19.1. The quantitative estimate of drug-likeness (QED) is 0.529. The number of phenols is 1. The van der Waals surface area contributed by atoms with E-state index in [9.17, 15) is 18.7 Å². The number of benzene rings is 1. The minimum absolute atomic E-state index is 0.0232. The van der Waals surface area contributed by atoms with Crippen LogP contribution in [0.25, 0.3) is 11.0 Å². The summed E-state index contributed by atoms with van der Waals surface area (Å²) in [7, 11) is 0. The van der Waals surface area contributed by atoms with Gasteiger partial charge in [-0.3, -0.25) is 4.79 Å². The van der Waals surface area contributed by atoms with Crippen molar-refractivity contribution in [1.82, 2.24) is 0 Å². The first kappa shape index (κ1) is 26.3. The molecule has 2 aromatic rings. The molecule has 1 aliphatic carbocycles. The van der Waals surface area contributed by atoms with E-state index in [0.717, 1.165) is 6.08 Å². The van der Waals surface area contributed by atoms with Crippen LogP contribution in [0.3, 0.4) is 0 Å². The maximum atomic E-state index is 12.2. The second-order valence-corrected chi connectivity index (χ2v) is 6.01. The van der Waals surface area contributed by atoms with Gasteiger partial charge in [0.05, 0.1) is 5.39 Å². The monoisotopic (exact) mass is 406 g/mol. The van der Waals surface area contributed by atoms with Gasteiger partial charge < -0.3 is 9.52 Å². The van der Waals surface area contributed by atoms with E-state index < -0.39 is 11.7 Å². The molecule has 3 nitrogen and oxygen atoms in total. The molecule has 1 aliphatic rings. The molecule has 1 aromatic carbocycles. The molecule has 5 heteroatoms. The molecule has 0 saturated carbocycles. The summed E-state index contributed by atoms with van der Waals surface area (Å²) in [5.74, 6) is -0.0875. The van der Waals surface area contributed by atoms with E-state index in [1.165, 1.54) is 24.3 Å². The highest BCUT2D eigenvalue weighted by molar-refractivity contribution is 5.78. The maximum absolute atomic E-state index is 12.2. The van der Waals surface area contributed by atoms with E-state index in [2.05, 4.69) is 0 Å². The molecule has 1 aromatic heterocycles. The van der Waals surface area contributed by atoms with Crippen LogP contribution in [0.1, 0.15) is 65.2 Å². The molecule has 0 saturated heterocycles. The number of hydrogen-bond donors (Lipinski definition) is 1. The second-order valence-electron chi connectivity index (χ2n) is 6.01. The van der Waals surface area contributed by atoms with Crippen LogP contribution in [-0.2, 0) is 0 Å². The van der Waals surface area contributed by atoms with Crippen LogP contribution in [-0.4, -0.2) is 5.11 Å². The van der Waals surface area contributed by atoms with Crippen LogP contribution in [0.2, 0.25) is 0 Å². The fourth-order valence-corrected chi connectivity index (χ4v) is 2.44. The van der Waals surface area contributed by atoms with Crippen LogP contribution in [0.5, 0.6) is 5.75 Å². The normalized spacial score (nSPS) is 12.3. The lowest BCUT2D eigenvalue weighted by Gasteiger charge is -2.09. The Morgan fingerprint density at radius 2 is 1.69 bits per heavy atom. The van der Waals surface area contributed by atoms with Gasteiger partial charge in [0.2, 0.25) is 0 Å². The predicted octanol–water partition coefficient (Wildman–Crippen LogP) is 7.64. The molecule has 0 atom stereocenters. The zero-order chi connectivity index (χ0) is 22.6. The topological polar surface area (TPSA) is 50.4 Å². The molecule has 0 amide bonds. The number of hydrogen-bond acceptors (Lipinski definition) is 3. The summed E-state index contributed by atoms with van der Waals surface area (Å²) in [6, 6.07) is 4.56. The fourth-order valence-electron chi connectivity index (χ4n) is 2.44. The first-order chi connectivity index (χ1) is 13.8. The Labute approximate surface area is 172 Å². The van der Waals surface area contributed by atoms with Crippen molar-refractivity contribution in [2.45, 2.75) is 60.8 Å². The average Bonchev–Trinajstić information content (AvgIpc) is 2.90. The van der Waals surface area contributed by atoms with Crippen LogP contribution in [0, 0.1) is 6.92 Å². The first-order valence-corrected chi connectivity index (χ1v) is 9.95. The van der Waals surface area contributed by atoms with Crippen LogP contribution in [0.4, 0.5) is 8.78 Å². The van der Waals surface area contributed by atoms with Gasteiger partial charge in [-0.05, 0) is 37.6 Å². The van der Waals surface area contributed by atoms with E-state index in [0.29, 0.717) is 28.7 Å². The molecule has 3 rings (SSSR count). The summed E-state index contributed by atoms with van der Waals surface area (Å²) in [6.45, 7) is 13.7. The lowest BCUT2D eigenvalue weighted by molar-refractivity contribution is 0.469. The zero-order valence-corrected chi connectivity index (χ0v) is 18.3. The van der Waals surface area contributed by atoms with Crippen LogP contribution >= 0.6 is 0 Å². The van der Waals surface area contributed by atoms with E-state index in [1.807, 2.05) is 41.5 Å². The van der Waals surface area contributed by atoms with Gasteiger partial charge in [-0.25, -0.2) is 8.78 Å². The van der Waals surface area contributed by atoms with Gasteiger partial charge in [0.15, 0.2) is 5.43 Å². The molecule has 0 radical (unpaired) electrons. The maximum Gasteiger partial charge on any atom is 0.195 e. The third-order valence-electron chi connectivity index (χ3n) is 3.67. The Kier molecular flexibility index (Phi) is 12.2. The van der Waals surface area contributed by atoms with Gasteiger partial charge in [-0.2, -0.15) is 0 Å². The Balaban J connectivity index is 0.000000513. The van der Waals surface area contributed by atoms with Gasteiger partial charge in [-0.15, -0.1) is 0 Å². The molecule has 1 heterocycles. The van der Waals surface area contributed by atoms with Gasteiger partial charge in [0.1, 0.15) is 28.7 Å². The fraction of sp³-hybridized carbons (Fsp3) is 0.375. The molecule has 0 spiro atoms. The molecule has 160 valence electrons. The molecule has 0 bridgehead atoms. The van der Waals surface area contributed by atoms with Crippen molar-refractivity contribution >= 4 is 11.0 Å². The minimum atomic E-state index is -0.527. The molecule has 0 fully saturated rings. The summed E-state index contributed by atoms with van der Waals surface area (Å²) in [6.07, 6.45) is 5.48. The lowest BCUT2D eigenvalue weighted by atomic mass is 10.0. The van der Waals surface area contributed by atoms with Crippen LogP contribution < -0.4 is 5.43 Å². The first-order valence-electron chi connectivity index (χ1n) is 9.95. The molecule has 0 aliphatic heterocycles. The number of aromatic hydroxyl groups is 1. The van der Waals surface area contributed by atoms with Crippen molar-refractivity contribution in [2.24, 2.45) is 0 Å². The molecular formula is C24H32F2O3. The predicted molar refractivity (Wildman–Crippen MR) is 118 cm³/mol. The largest absolute Gasteiger partial charge is 0.508 e. The van der Waals surface area contributed by atoms with E-state index in [1.54, 1.807) is 19.1 Å². The van der Waals surface area contributed by atoms with Gasteiger partial charge in [0.25, 0.3) is 0 Å². The summed E-state index contributed by atoms with van der Waals surface area (Å²) in [5.41, 5.74) is 1.07. The molecule has 29 heavy (non-hydrogen) atoms. The van der Waals surface area contributed by atoms with Crippen molar-refractivity contribution in [3.63, 3.8) is 0 Å². The summed E-state index contributed by atoms with van der Waals surface area (Å²) in [4.78, 5) is 12.0. The van der Waals surface area contributed by atoms with Gasteiger partial charge >= 0.3 is 0 Å². The Morgan fingerprint density at radius 1 is 1.07 bits per heavy atom. The number of phenolic OH excluding ortho intramolecular Hbond substituents is 1. The number of rotatable bonds is 1. The summed E-state index contributed by atoms with van der Waals surface area (Å²) in [5, 5.41) is 9.87. The highest BCUT2D eigenvalue weighted by Gasteiger charge is 2.13. The Bertz CT molecular complexity index is 920. The van der Waals surface area contributed by atoms with Crippen LogP contribution in [0.15, 0.2) is 63.4 Å². The lowest BCUT2D eigenvalue weighted by Crippen LogP contribution is -2.09. The highest BCUT2D eigenvalue weighted by Crippen LogP contribution is 2.24. The van der Waals surface area contributed by atoms with E-state index >= 15 is 0 Å². The standard InChI is InChI=1S/C13H14O3.C7H6F2.2C2H6/c1-7(2)13-8(3)12(15)10-5-4-9(14)6-11(10)16-13;8-6-3-1-2-4-7(9)5-6;2*1-2/h4-7,14H,1-3H3;1,3-5H,2H2;2*1-2H3. The smallest absolute Gasteiger partial charge is 0.195 e. The second kappa shape index (κ2) is 13.5. The van der Waals surface area contributed by atoms with Crippen molar-refractivity contribution in [1.29, 1.82) is 0 Å². The Hall–Kier alpha value is -2.69. The summed E-state index contributed by atoms with van der Waals surface area (Å²) < 4.78 is 30.0. The molecule has 0 unspecified atom stereocenters. The number of allylic oxidation sites excluding steroid dienone is 6. The van der Waals surface area contributed by atoms with E-state index in [-0.39, 0.29) is 17.1 Å². The van der Waals surface area contributed by atoms with Gasteiger partial charge in [-0.1, -0.05) is 47.6 Å². The SMILES string of the molecule is CC.CC.Cc1c(C(C)C)oc2cc(O)ccc2c1=O.FC1=CCC=CC(F)=C1. The third kappa shape index (κ3) is 8.06. The average molecular weight is 407 g/mol. The minimum Gasteiger partial charge on any atom is -0.508 e. The summed E-state index contributed by atoms with van der Waals surface area (Å²) >= 11 is 0. The van der Waals surface area contributed by atoms with E-state index in [4.69, 9.17) is 4.42 Å². The third-order valence-corrected chi connectivity index (χ3v) is 3.67.